The number of furan rings is 1. The van der Waals surface area contributed by atoms with Crippen molar-refractivity contribution >= 4 is 5.91 Å². The van der Waals surface area contributed by atoms with Crippen molar-refractivity contribution in [2.45, 2.75) is 19.5 Å². The molecule has 6 heteroatoms. The van der Waals surface area contributed by atoms with Crippen LogP contribution in [0.2, 0.25) is 0 Å². The third-order valence-electron chi connectivity index (χ3n) is 2.82. The van der Waals surface area contributed by atoms with Gasteiger partial charge in [0.05, 0.1) is 12.6 Å². The van der Waals surface area contributed by atoms with Crippen molar-refractivity contribution < 1.29 is 9.21 Å². The fourth-order valence-electron chi connectivity index (χ4n) is 1.78. The molecule has 6 nitrogen and oxygen atoms in total. The van der Waals surface area contributed by atoms with Crippen LogP contribution in [0.25, 0.3) is 10.4 Å². The molecule has 1 amide bonds. The lowest BCUT2D eigenvalue weighted by Gasteiger charge is -2.12. The summed E-state index contributed by atoms with van der Waals surface area (Å²) in [7, 11) is 0. The van der Waals surface area contributed by atoms with Crippen LogP contribution in [0.1, 0.15) is 34.8 Å². The Bertz CT molecular complexity index is 630. The van der Waals surface area contributed by atoms with Gasteiger partial charge in [-0.2, -0.15) is 0 Å². The molecule has 0 saturated carbocycles. The van der Waals surface area contributed by atoms with Crippen LogP contribution in [0.15, 0.2) is 52.0 Å². The number of hydrogen-bond donors (Lipinski definition) is 1. The average Bonchev–Trinajstić information content (AvgIpc) is 2.95. The minimum Gasteiger partial charge on any atom is -0.456 e. The summed E-state index contributed by atoms with van der Waals surface area (Å²) in [5, 5.41) is 6.22. The van der Waals surface area contributed by atoms with Crippen LogP contribution < -0.4 is 5.32 Å². The van der Waals surface area contributed by atoms with Crippen LogP contribution in [0.5, 0.6) is 0 Å². The van der Waals surface area contributed by atoms with Gasteiger partial charge in [0.15, 0.2) is 5.76 Å². The Morgan fingerprint density at radius 3 is 2.80 bits per heavy atom. The highest BCUT2D eigenvalue weighted by Gasteiger charge is 2.14. The topological polar surface area (TPSA) is 91.0 Å². The van der Waals surface area contributed by atoms with Gasteiger partial charge in [0, 0.05) is 4.91 Å². The summed E-state index contributed by atoms with van der Waals surface area (Å²) in [5.41, 5.74) is 9.24. The number of azide groups is 1. The highest BCUT2D eigenvalue weighted by molar-refractivity contribution is 5.91. The van der Waals surface area contributed by atoms with Crippen molar-refractivity contribution in [1.29, 1.82) is 0 Å². The van der Waals surface area contributed by atoms with Crippen molar-refractivity contribution in [2.75, 3.05) is 0 Å². The van der Waals surface area contributed by atoms with E-state index in [1.165, 1.54) is 0 Å². The van der Waals surface area contributed by atoms with Crippen molar-refractivity contribution in [3.63, 3.8) is 0 Å². The molecule has 0 bridgehead atoms. The van der Waals surface area contributed by atoms with Crippen molar-refractivity contribution in [2.24, 2.45) is 5.11 Å². The van der Waals surface area contributed by atoms with Crippen LogP contribution in [0, 0.1) is 0 Å². The maximum Gasteiger partial charge on any atom is 0.287 e. The molecule has 1 unspecified atom stereocenters. The number of nitrogens with one attached hydrogen (secondary N) is 1. The number of amides is 1. The minimum atomic E-state index is -0.298. The molecule has 1 aromatic heterocycles. The fraction of sp³-hybridized carbons (Fsp3) is 0.214. The molecular weight excluding hydrogens is 256 g/mol. The lowest BCUT2D eigenvalue weighted by molar-refractivity contribution is 0.0910. The number of hydrogen-bond acceptors (Lipinski definition) is 3. The fourth-order valence-corrected chi connectivity index (χ4v) is 1.78. The average molecular weight is 270 g/mol. The van der Waals surface area contributed by atoms with Gasteiger partial charge in [-0.15, -0.1) is 0 Å². The van der Waals surface area contributed by atoms with Gasteiger partial charge in [-0.3, -0.25) is 4.79 Å². The molecule has 1 N–H and O–H groups in total. The molecule has 0 radical (unpaired) electrons. The molecule has 0 spiro atoms. The minimum absolute atomic E-state index is 0.0953. The van der Waals surface area contributed by atoms with E-state index in [-0.39, 0.29) is 24.3 Å². The maximum absolute atomic E-state index is 12.0. The van der Waals surface area contributed by atoms with E-state index in [0.29, 0.717) is 5.76 Å². The van der Waals surface area contributed by atoms with Gasteiger partial charge in [-0.1, -0.05) is 35.4 Å². The Morgan fingerprint density at radius 1 is 1.35 bits per heavy atom. The highest BCUT2D eigenvalue weighted by Crippen LogP contribution is 2.14. The second kappa shape index (κ2) is 6.45. The molecule has 2 rings (SSSR count). The summed E-state index contributed by atoms with van der Waals surface area (Å²) in [6.07, 6.45) is 0. The monoisotopic (exact) mass is 270 g/mol. The van der Waals surface area contributed by atoms with Crippen LogP contribution in [0.4, 0.5) is 0 Å². The Hall–Kier alpha value is -2.72. The molecule has 1 atom stereocenters. The standard InChI is InChI=1S/C14H14N4O2/c1-10(11-5-3-2-4-6-11)17-14(19)13-8-7-12(20-13)9-16-18-15/h2-8,10H,9H2,1H3,(H,17,19). The molecule has 20 heavy (non-hydrogen) atoms. The number of nitrogens with zero attached hydrogens (tertiary/aromatic N) is 3. The highest BCUT2D eigenvalue weighted by atomic mass is 16.4. The van der Waals surface area contributed by atoms with Crippen molar-refractivity contribution in [3.05, 3.63) is 70.0 Å². The van der Waals surface area contributed by atoms with Crippen molar-refractivity contribution in [3.8, 4) is 0 Å². The summed E-state index contributed by atoms with van der Waals surface area (Å²) in [6.45, 7) is 2.00. The first-order valence-corrected chi connectivity index (χ1v) is 6.16. The van der Waals surface area contributed by atoms with E-state index >= 15 is 0 Å². The Kier molecular flexibility index (Phi) is 4.42. The van der Waals surface area contributed by atoms with Crippen LogP contribution >= 0.6 is 0 Å². The third-order valence-corrected chi connectivity index (χ3v) is 2.82. The second-order valence-corrected chi connectivity index (χ2v) is 4.26. The lowest BCUT2D eigenvalue weighted by Crippen LogP contribution is -2.26. The lowest BCUT2D eigenvalue weighted by atomic mass is 10.1. The summed E-state index contributed by atoms with van der Waals surface area (Å²) < 4.78 is 5.31. The zero-order valence-corrected chi connectivity index (χ0v) is 11.0. The smallest absolute Gasteiger partial charge is 0.287 e. The van der Waals surface area contributed by atoms with Crippen molar-refractivity contribution in [1.82, 2.24) is 5.32 Å². The Balaban J connectivity index is 2.01. The Labute approximate surface area is 116 Å². The second-order valence-electron chi connectivity index (χ2n) is 4.26. The van der Waals surface area contributed by atoms with Gasteiger partial charge in [-0.05, 0) is 30.2 Å². The summed E-state index contributed by atoms with van der Waals surface area (Å²) in [5.74, 6) is 0.366. The molecule has 0 fully saturated rings. The number of benzene rings is 1. The van der Waals surface area contributed by atoms with E-state index in [1.54, 1.807) is 12.1 Å². The first kappa shape index (κ1) is 13.7. The van der Waals surface area contributed by atoms with E-state index < -0.39 is 0 Å². The van der Waals surface area contributed by atoms with E-state index in [0.717, 1.165) is 5.56 Å². The Morgan fingerprint density at radius 2 is 2.10 bits per heavy atom. The number of carbonyl (C=O) groups excluding carboxylic acids is 1. The van der Waals surface area contributed by atoms with E-state index in [4.69, 9.17) is 9.95 Å². The SMILES string of the molecule is CC(NC(=O)c1ccc(CN=[N+]=[N-])o1)c1ccccc1. The van der Waals surface area contributed by atoms with Gasteiger partial charge in [0.1, 0.15) is 5.76 Å². The number of carbonyl (C=O) groups is 1. The summed E-state index contributed by atoms with van der Waals surface area (Å²) in [6, 6.07) is 12.7. The molecule has 1 heterocycles. The first-order chi connectivity index (χ1) is 9.70. The molecule has 0 aliphatic heterocycles. The normalized spacial score (nSPS) is 11.4. The molecule has 0 aliphatic carbocycles. The molecule has 102 valence electrons. The summed E-state index contributed by atoms with van der Waals surface area (Å²) >= 11 is 0. The summed E-state index contributed by atoms with van der Waals surface area (Å²) in [4.78, 5) is 14.6. The largest absolute Gasteiger partial charge is 0.456 e. The molecule has 1 aromatic carbocycles. The van der Waals surface area contributed by atoms with E-state index in [2.05, 4.69) is 15.3 Å². The molecule has 0 saturated heterocycles. The van der Waals surface area contributed by atoms with Gasteiger partial charge < -0.3 is 9.73 Å². The molecule has 0 aliphatic rings. The quantitative estimate of drug-likeness (QED) is 0.511. The zero-order chi connectivity index (χ0) is 14.4. The predicted molar refractivity (Wildman–Crippen MR) is 73.9 cm³/mol. The van der Waals surface area contributed by atoms with Gasteiger partial charge >= 0.3 is 0 Å². The maximum atomic E-state index is 12.0. The molecular formula is C14H14N4O2. The van der Waals surface area contributed by atoms with Crippen LogP contribution in [-0.4, -0.2) is 5.91 Å². The van der Waals surface area contributed by atoms with Gasteiger partial charge in [0.25, 0.3) is 5.91 Å². The van der Waals surface area contributed by atoms with Crippen LogP contribution in [-0.2, 0) is 6.54 Å². The van der Waals surface area contributed by atoms with Gasteiger partial charge in [0.2, 0.25) is 0 Å². The van der Waals surface area contributed by atoms with E-state index in [9.17, 15) is 4.79 Å². The van der Waals surface area contributed by atoms with Gasteiger partial charge in [-0.25, -0.2) is 0 Å². The third kappa shape index (κ3) is 3.40. The zero-order valence-electron chi connectivity index (χ0n) is 11.0. The molecule has 2 aromatic rings. The van der Waals surface area contributed by atoms with E-state index in [1.807, 2.05) is 37.3 Å². The predicted octanol–water partition coefficient (Wildman–Crippen LogP) is 3.58. The van der Waals surface area contributed by atoms with Crippen LogP contribution in [0.3, 0.4) is 0 Å². The first-order valence-electron chi connectivity index (χ1n) is 6.16. The number of rotatable bonds is 5.